The fraction of sp³-hybridized carbons (Fsp3) is 0.100. The minimum atomic E-state index is 0.778. The predicted molar refractivity (Wildman–Crippen MR) is 55.8 cm³/mol. The van der Waals surface area contributed by atoms with Crippen molar-refractivity contribution in [1.82, 2.24) is 0 Å². The van der Waals surface area contributed by atoms with Gasteiger partial charge in [-0.25, -0.2) is 4.99 Å². The molecule has 1 aromatic carbocycles. The lowest BCUT2D eigenvalue weighted by atomic mass is 10.2. The Bertz CT molecular complexity index is 355. The van der Waals surface area contributed by atoms with Crippen LogP contribution >= 0.6 is 0 Å². The largest absolute Gasteiger partial charge is 0.399 e. The van der Waals surface area contributed by atoms with Crippen LogP contribution in [-0.4, -0.2) is 12.9 Å². The number of anilines is 2. The van der Waals surface area contributed by atoms with Gasteiger partial charge in [-0.3, -0.25) is 0 Å². The third kappa shape index (κ3) is 1.69. The molecular formula is C10H11N3. The molecule has 1 aliphatic heterocycles. The van der Waals surface area contributed by atoms with Crippen LogP contribution in [0.25, 0.3) is 0 Å². The van der Waals surface area contributed by atoms with E-state index in [1.54, 1.807) is 12.5 Å². The Morgan fingerprint density at radius 1 is 1.38 bits per heavy atom. The second-order valence-electron chi connectivity index (χ2n) is 2.90. The summed E-state index contributed by atoms with van der Waals surface area (Å²) in [7, 11) is 0. The predicted octanol–water partition coefficient (Wildman–Crippen LogP) is 1.63. The van der Waals surface area contributed by atoms with E-state index in [0.29, 0.717) is 0 Å². The first-order chi connectivity index (χ1) is 6.36. The number of nitrogen functional groups attached to an aromatic ring is 1. The van der Waals surface area contributed by atoms with Crippen LogP contribution in [0.4, 0.5) is 11.4 Å². The van der Waals surface area contributed by atoms with Crippen LogP contribution in [0.1, 0.15) is 0 Å². The molecule has 0 spiro atoms. The zero-order chi connectivity index (χ0) is 9.10. The van der Waals surface area contributed by atoms with Crippen molar-refractivity contribution in [2.75, 3.05) is 17.2 Å². The topological polar surface area (TPSA) is 41.6 Å². The van der Waals surface area contributed by atoms with Gasteiger partial charge in [0, 0.05) is 24.1 Å². The van der Waals surface area contributed by atoms with Crippen molar-refractivity contribution >= 4 is 17.7 Å². The molecule has 0 saturated carbocycles. The normalized spacial score (nSPS) is 14.9. The highest BCUT2D eigenvalue weighted by atomic mass is 15.2. The molecule has 0 radical (unpaired) electrons. The van der Waals surface area contributed by atoms with Gasteiger partial charge in [0.15, 0.2) is 0 Å². The molecular weight excluding hydrogens is 162 g/mol. The van der Waals surface area contributed by atoms with E-state index >= 15 is 0 Å². The van der Waals surface area contributed by atoms with Crippen molar-refractivity contribution < 1.29 is 0 Å². The maximum absolute atomic E-state index is 5.68. The molecule has 0 fully saturated rings. The van der Waals surface area contributed by atoms with E-state index < -0.39 is 0 Å². The molecule has 1 heterocycles. The van der Waals surface area contributed by atoms with E-state index in [-0.39, 0.29) is 0 Å². The van der Waals surface area contributed by atoms with Gasteiger partial charge in [0.05, 0.1) is 6.34 Å². The highest BCUT2D eigenvalue weighted by Gasteiger charge is 2.03. The van der Waals surface area contributed by atoms with E-state index in [4.69, 9.17) is 5.73 Å². The van der Waals surface area contributed by atoms with E-state index in [2.05, 4.69) is 4.99 Å². The van der Waals surface area contributed by atoms with Crippen LogP contribution in [0.3, 0.4) is 0 Å². The fourth-order valence-corrected chi connectivity index (χ4v) is 1.26. The molecule has 2 rings (SSSR count). The highest BCUT2D eigenvalue weighted by molar-refractivity contribution is 5.81. The van der Waals surface area contributed by atoms with Crippen molar-refractivity contribution in [3.8, 4) is 0 Å². The van der Waals surface area contributed by atoms with Crippen molar-refractivity contribution in [2.24, 2.45) is 4.99 Å². The Morgan fingerprint density at radius 2 is 2.31 bits per heavy atom. The van der Waals surface area contributed by atoms with Crippen molar-refractivity contribution in [2.45, 2.75) is 0 Å². The molecule has 2 N–H and O–H groups in total. The Balaban J connectivity index is 2.25. The summed E-state index contributed by atoms with van der Waals surface area (Å²) in [6.45, 7) is 0.854. The number of hydrogen-bond acceptors (Lipinski definition) is 3. The summed E-state index contributed by atoms with van der Waals surface area (Å²) in [6.07, 6.45) is 5.60. The number of nitrogens with two attached hydrogens (primary N) is 1. The average molecular weight is 173 g/mol. The van der Waals surface area contributed by atoms with E-state index in [0.717, 1.165) is 17.9 Å². The third-order valence-corrected chi connectivity index (χ3v) is 1.90. The molecule has 0 saturated heterocycles. The number of hydrogen-bond donors (Lipinski definition) is 1. The first-order valence-electron chi connectivity index (χ1n) is 4.17. The number of aliphatic imine (C=N–C) groups is 1. The number of benzene rings is 1. The standard InChI is InChI=1S/C10H11N3/c11-9-3-1-4-10(7-9)13-6-2-5-12-8-13/h1-5,7-8H,6,11H2. The van der Waals surface area contributed by atoms with Crippen LogP contribution in [0.2, 0.25) is 0 Å². The van der Waals surface area contributed by atoms with E-state index in [9.17, 15) is 0 Å². The molecule has 0 atom stereocenters. The molecule has 0 aliphatic carbocycles. The summed E-state index contributed by atoms with van der Waals surface area (Å²) in [5.41, 5.74) is 7.53. The summed E-state index contributed by atoms with van der Waals surface area (Å²) in [4.78, 5) is 6.08. The van der Waals surface area contributed by atoms with Gasteiger partial charge in [0.1, 0.15) is 0 Å². The zero-order valence-corrected chi connectivity index (χ0v) is 7.22. The first-order valence-corrected chi connectivity index (χ1v) is 4.17. The quantitative estimate of drug-likeness (QED) is 0.656. The maximum atomic E-state index is 5.68. The maximum Gasteiger partial charge on any atom is 0.0952 e. The Hall–Kier alpha value is -1.77. The lowest BCUT2D eigenvalue weighted by Crippen LogP contribution is -2.22. The summed E-state index contributed by atoms with van der Waals surface area (Å²) >= 11 is 0. The molecule has 66 valence electrons. The monoisotopic (exact) mass is 173 g/mol. The molecule has 1 aliphatic rings. The fourth-order valence-electron chi connectivity index (χ4n) is 1.26. The van der Waals surface area contributed by atoms with Crippen LogP contribution < -0.4 is 10.6 Å². The molecule has 3 heteroatoms. The summed E-state index contributed by atoms with van der Waals surface area (Å²) in [6, 6.07) is 7.77. The van der Waals surface area contributed by atoms with Gasteiger partial charge in [-0.05, 0) is 24.3 Å². The SMILES string of the molecule is Nc1cccc(N2C=NC=CC2)c1. The lowest BCUT2D eigenvalue weighted by Gasteiger charge is -2.19. The minimum Gasteiger partial charge on any atom is -0.399 e. The van der Waals surface area contributed by atoms with Gasteiger partial charge in [0.2, 0.25) is 0 Å². The van der Waals surface area contributed by atoms with Gasteiger partial charge in [-0.15, -0.1) is 0 Å². The summed E-state index contributed by atoms with van der Waals surface area (Å²) in [5.74, 6) is 0. The Morgan fingerprint density at radius 3 is 3.00 bits per heavy atom. The van der Waals surface area contributed by atoms with E-state index in [1.165, 1.54) is 0 Å². The second-order valence-corrected chi connectivity index (χ2v) is 2.90. The van der Waals surface area contributed by atoms with Crippen LogP contribution in [0, 0.1) is 0 Å². The van der Waals surface area contributed by atoms with Crippen molar-refractivity contribution in [3.63, 3.8) is 0 Å². The van der Waals surface area contributed by atoms with Gasteiger partial charge >= 0.3 is 0 Å². The molecule has 0 amide bonds. The number of rotatable bonds is 1. The second kappa shape index (κ2) is 3.31. The van der Waals surface area contributed by atoms with Gasteiger partial charge in [-0.1, -0.05) is 6.07 Å². The molecule has 1 aromatic rings. The van der Waals surface area contributed by atoms with Gasteiger partial charge in [0.25, 0.3) is 0 Å². The molecule has 0 bridgehead atoms. The molecule has 13 heavy (non-hydrogen) atoms. The van der Waals surface area contributed by atoms with Crippen molar-refractivity contribution in [1.29, 1.82) is 0 Å². The Labute approximate surface area is 77.2 Å². The van der Waals surface area contributed by atoms with Crippen LogP contribution in [0.15, 0.2) is 41.5 Å². The van der Waals surface area contributed by atoms with Crippen LogP contribution in [0.5, 0.6) is 0 Å². The molecule has 3 nitrogen and oxygen atoms in total. The zero-order valence-electron chi connectivity index (χ0n) is 7.22. The van der Waals surface area contributed by atoms with Crippen LogP contribution in [-0.2, 0) is 0 Å². The third-order valence-electron chi connectivity index (χ3n) is 1.90. The summed E-state index contributed by atoms with van der Waals surface area (Å²) in [5, 5.41) is 0. The molecule has 0 unspecified atom stereocenters. The highest BCUT2D eigenvalue weighted by Crippen LogP contribution is 2.16. The summed E-state index contributed by atoms with van der Waals surface area (Å²) < 4.78 is 0. The van der Waals surface area contributed by atoms with Gasteiger partial charge < -0.3 is 10.6 Å². The minimum absolute atomic E-state index is 0.778. The van der Waals surface area contributed by atoms with Crippen molar-refractivity contribution in [3.05, 3.63) is 36.5 Å². The first kappa shape index (κ1) is 7.86. The average Bonchev–Trinajstić information content (AvgIpc) is 2.19. The van der Waals surface area contributed by atoms with E-state index in [1.807, 2.05) is 35.2 Å². The molecule has 0 aromatic heterocycles. The smallest absolute Gasteiger partial charge is 0.0952 e. The number of nitrogens with zero attached hydrogens (tertiary/aromatic N) is 2. The van der Waals surface area contributed by atoms with Gasteiger partial charge in [-0.2, -0.15) is 0 Å². The lowest BCUT2D eigenvalue weighted by molar-refractivity contribution is 1.13. The Kier molecular flexibility index (Phi) is 2.00.